The van der Waals surface area contributed by atoms with Crippen LogP contribution in [0.2, 0.25) is 0 Å². The second-order valence-electron chi connectivity index (χ2n) is 9.54. The number of hydrogen-bond acceptors (Lipinski definition) is 4. The van der Waals surface area contributed by atoms with Crippen LogP contribution < -0.4 is 10.5 Å². The maximum atomic E-state index is 12.2. The van der Waals surface area contributed by atoms with Crippen LogP contribution in [-0.2, 0) is 6.42 Å². The Hall–Kier alpha value is -2.60. The minimum absolute atomic E-state index is 0.205. The van der Waals surface area contributed by atoms with Crippen molar-refractivity contribution in [1.29, 1.82) is 0 Å². The Balaban J connectivity index is 1.60. The van der Waals surface area contributed by atoms with Gasteiger partial charge in [0.25, 0.3) is 5.56 Å². The molecule has 2 N–H and O–H groups in total. The van der Waals surface area contributed by atoms with Crippen molar-refractivity contribution in [1.82, 2.24) is 9.88 Å². The third kappa shape index (κ3) is 4.13. The van der Waals surface area contributed by atoms with Crippen molar-refractivity contribution in [2.45, 2.75) is 39.0 Å². The summed E-state index contributed by atoms with van der Waals surface area (Å²) in [5, 5.41) is 9.24. The summed E-state index contributed by atoms with van der Waals surface area (Å²) in [6.45, 7) is 5.31. The van der Waals surface area contributed by atoms with Gasteiger partial charge in [-0.15, -0.1) is 0 Å². The Morgan fingerprint density at radius 3 is 2.65 bits per heavy atom. The number of nitrogens with zero attached hydrogens (tertiary/aromatic N) is 2. The number of aromatic carboxylic acids is 1. The molecule has 1 aromatic carbocycles. The number of carboxylic acid groups (broad SMARTS) is 1. The molecule has 0 spiro atoms. The maximum absolute atomic E-state index is 12.2. The van der Waals surface area contributed by atoms with E-state index in [4.69, 9.17) is 0 Å². The summed E-state index contributed by atoms with van der Waals surface area (Å²) in [6.07, 6.45) is 5.94. The van der Waals surface area contributed by atoms with Gasteiger partial charge in [0.05, 0.1) is 5.69 Å². The molecule has 2 aromatic rings. The SMILES string of the molecule is CCc1cc(C(=O)O)c(=O)[nH]c1-c1ccc(N2C[C@H]3CCCC[C@@]3(CN(C)C)C2)cc1. The third-order valence-corrected chi connectivity index (χ3v) is 7.18. The van der Waals surface area contributed by atoms with Gasteiger partial charge in [-0.1, -0.05) is 31.9 Å². The molecule has 0 unspecified atom stereocenters. The lowest BCUT2D eigenvalue weighted by Crippen LogP contribution is -2.42. The van der Waals surface area contributed by atoms with E-state index in [0.717, 1.165) is 36.7 Å². The van der Waals surface area contributed by atoms with Crippen molar-refractivity contribution < 1.29 is 9.90 Å². The number of aromatic nitrogens is 1. The van der Waals surface area contributed by atoms with Crippen molar-refractivity contribution in [3.8, 4) is 11.3 Å². The molecule has 0 bridgehead atoms. The number of anilines is 1. The van der Waals surface area contributed by atoms with Gasteiger partial charge in [-0.05, 0) is 68.6 Å². The first-order valence-electron chi connectivity index (χ1n) is 11.3. The molecular formula is C25H33N3O3. The van der Waals surface area contributed by atoms with Crippen molar-refractivity contribution >= 4 is 11.7 Å². The summed E-state index contributed by atoms with van der Waals surface area (Å²) >= 11 is 0. The fourth-order valence-electron chi connectivity index (χ4n) is 5.77. The number of hydrogen-bond donors (Lipinski definition) is 2. The molecule has 0 radical (unpaired) electrons. The Morgan fingerprint density at radius 2 is 2.00 bits per heavy atom. The number of carbonyl (C=O) groups is 1. The Labute approximate surface area is 183 Å². The number of fused-ring (bicyclic) bond motifs is 1. The zero-order valence-corrected chi connectivity index (χ0v) is 18.8. The summed E-state index contributed by atoms with van der Waals surface area (Å²) in [6, 6.07) is 9.86. The Morgan fingerprint density at radius 1 is 1.26 bits per heavy atom. The van der Waals surface area contributed by atoms with Crippen molar-refractivity contribution in [2.24, 2.45) is 11.3 Å². The van der Waals surface area contributed by atoms with E-state index in [9.17, 15) is 14.7 Å². The van der Waals surface area contributed by atoms with E-state index in [1.807, 2.05) is 19.1 Å². The number of aryl methyl sites for hydroxylation is 1. The summed E-state index contributed by atoms with van der Waals surface area (Å²) in [4.78, 5) is 31.2. The van der Waals surface area contributed by atoms with E-state index in [1.165, 1.54) is 37.4 Å². The average Bonchev–Trinajstić information content (AvgIpc) is 3.12. The summed E-state index contributed by atoms with van der Waals surface area (Å²) in [5.41, 5.74) is 3.30. The predicted octanol–water partition coefficient (Wildman–Crippen LogP) is 3.86. The molecule has 4 rings (SSSR count). The molecule has 2 atom stereocenters. The molecule has 1 saturated carbocycles. The van der Waals surface area contributed by atoms with Crippen LogP contribution >= 0.6 is 0 Å². The highest BCUT2D eigenvalue weighted by atomic mass is 16.4. The molecule has 2 heterocycles. The van der Waals surface area contributed by atoms with Crippen LogP contribution in [0.25, 0.3) is 11.3 Å². The number of aromatic amines is 1. The standard InChI is InChI=1S/C25H33N3O3/c1-4-17-13-21(24(30)31)23(29)26-22(17)18-8-10-20(11-9-18)28-14-19-7-5-6-12-25(19,16-28)15-27(2)3/h8-11,13,19H,4-7,12,14-16H2,1-3H3,(H,26,29)(H,30,31)/t19-,25-/m1/s1. The fraction of sp³-hybridized carbons (Fsp3) is 0.520. The highest BCUT2D eigenvalue weighted by Gasteiger charge is 2.47. The first-order valence-corrected chi connectivity index (χ1v) is 11.3. The van der Waals surface area contributed by atoms with Gasteiger partial charge in [-0.3, -0.25) is 4.79 Å². The van der Waals surface area contributed by atoms with Crippen LogP contribution in [0.3, 0.4) is 0 Å². The molecule has 1 saturated heterocycles. The minimum atomic E-state index is -1.19. The molecule has 1 aromatic heterocycles. The van der Waals surface area contributed by atoms with Crippen molar-refractivity contribution in [2.75, 3.05) is 38.6 Å². The van der Waals surface area contributed by atoms with Gasteiger partial charge in [-0.25, -0.2) is 4.79 Å². The smallest absolute Gasteiger partial charge is 0.341 e. The monoisotopic (exact) mass is 423 g/mol. The summed E-state index contributed by atoms with van der Waals surface area (Å²) in [7, 11) is 4.36. The molecule has 2 aliphatic rings. The van der Waals surface area contributed by atoms with Gasteiger partial charge in [0, 0.05) is 30.7 Å². The fourth-order valence-corrected chi connectivity index (χ4v) is 5.77. The van der Waals surface area contributed by atoms with Gasteiger partial charge >= 0.3 is 5.97 Å². The number of rotatable bonds is 6. The van der Waals surface area contributed by atoms with Crippen LogP contribution in [0.4, 0.5) is 5.69 Å². The third-order valence-electron chi connectivity index (χ3n) is 7.18. The molecular weight excluding hydrogens is 390 g/mol. The second-order valence-corrected chi connectivity index (χ2v) is 9.54. The van der Waals surface area contributed by atoms with Gasteiger partial charge < -0.3 is 19.9 Å². The highest BCUT2D eigenvalue weighted by molar-refractivity contribution is 5.88. The van der Waals surface area contributed by atoms with E-state index < -0.39 is 11.5 Å². The largest absolute Gasteiger partial charge is 0.477 e. The van der Waals surface area contributed by atoms with Gasteiger partial charge in [0.2, 0.25) is 0 Å². The lowest BCUT2D eigenvalue weighted by atomic mass is 9.68. The molecule has 0 amide bonds. The molecule has 1 aliphatic heterocycles. The van der Waals surface area contributed by atoms with Crippen molar-refractivity contribution in [3.05, 3.63) is 51.8 Å². The molecule has 166 valence electrons. The molecule has 2 fully saturated rings. The van der Waals surface area contributed by atoms with Gasteiger partial charge in [0.1, 0.15) is 5.56 Å². The lowest BCUT2D eigenvalue weighted by molar-refractivity contribution is 0.0695. The van der Waals surface area contributed by atoms with E-state index in [2.05, 4.69) is 41.0 Å². The second kappa shape index (κ2) is 8.50. The zero-order valence-electron chi connectivity index (χ0n) is 18.8. The summed E-state index contributed by atoms with van der Waals surface area (Å²) < 4.78 is 0. The van der Waals surface area contributed by atoms with Crippen LogP contribution in [0, 0.1) is 11.3 Å². The minimum Gasteiger partial charge on any atom is -0.477 e. The molecule has 6 nitrogen and oxygen atoms in total. The lowest BCUT2D eigenvalue weighted by Gasteiger charge is -2.40. The van der Waals surface area contributed by atoms with Crippen LogP contribution in [0.5, 0.6) is 0 Å². The number of benzene rings is 1. The average molecular weight is 424 g/mol. The van der Waals surface area contributed by atoms with E-state index in [1.54, 1.807) is 0 Å². The number of H-pyrrole nitrogens is 1. The topological polar surface area (TPSA) is 76.6 Å². The maximum Gasteiger partial charge on any atom is 0.341 e. The van der Waals surface area contributed by atoms with E-state index >= 15 is 0 Å². The molecule has 31 heavy (non-hydrogen) atoms. The quantitative estimate of drug-likeness (QED) is 0.738. The number of pyridine rings is 1. The van der Waals surface area contributed by atoms with Gasteiger partial charge in [0.15, 0.2) is 0 Å². The molecule has 1 aliphatic carbocycles. The normalized spacial score (nSPS) is 23.2. The Bertz CT molecular complexity index is 1010. The van der Waals surface area contributed by atoms with E-state index in [0.29, 0.717) is 17.5 Å². The summed E-state index contributed by atoms with van der Waals surface area (Å²) in [5.74, 6) is -0.449. The number of nitrogens with one attached hydrogen (secondary N) is 1. The number of carboxylic acids is 1. The molecule has 6 heteroatoms. The predicted molar refractivity (Wildman–Crippen MR) is 124 cm³/mol. The first kappa shape index (κ1) is 21.6. The van der Waals surface area contributed by atoms with Crippen LogP contribution in [-0.4, -0.2) is 54.7 Å². The van der Waals surface area contributed by atoms with Crippen molar-refractivity contribution in [3.63, 3.8) is 0 Å². The Kier molecular flexibility index (Phi) is 5.93. The highest BCUT2D eigenvalue weighted by Crippen LogP contribution is 2.48. The van der Waals surface area contributed by atoms with Crippen LogP contribution in [0.15, 0.2) is 35.1 Å². The zero-order chi connectivity index (χ0) is 22.2. The first-order chi connectivity index (χ1) is 14.8. The van der Waals surface area contributed by atoms with Crippen LogP contribution in [0.1, 0.15) is 48.5 Å². The van der Waals surface area contributed by atoms with E-state index in [-0.39, 0.29) is 5.56 Å². The van der Waals surface area contributed by atoms with Gasteiger partial charge in [-0.2, -0.15) is 0 Å².